The molecule has 3 N–H and O–H groups in total. The first-order chi connectivity index (χ1) is 12.2. The summed E-state index contributed by atoms with van der Waals surface area (Å²) >= 11 is 1.48. The van der Waals surface area contributed by atoms with Crippen LogP contribution in [0.4, 0.5) is 0 Å². The fourth-order valence-electron chi connectivity index (χ4n) is 1.95. The molecule has 0 fully saturated rings. The highest BCUT2D eigenvalue weighted by molar-refractivity contribution is 8.02. The highest BCUT2D eigenvalue weighted by Gasteiger charge is 2.06. The lowest BCUT2D eigenvalue weighted by molar-refractivity contribution is -0.117. The summed E-state index contributed by atoms with van der Waals surface area (Å²) in [6.45, 7) is 2.34. The van der Waals surface area contributed by atoms with Gasteiger partial charge in [0.2, 0.25) is 5.91 Å². The third-order valence-electron chi connectivity index (χ3n) is 3.30. The molecule has 0 aromatic carbocycles. The molecular weight excluding hydrogens is 334 g/mol. The first kappa shape index (κ1) is 18.7. The van der Waals surface area contributed by atoms with E-state index in [9.17, 15) is 4.79 Å². The summed E-state index contributed by atoms with van der Waals surface area (Å²) in [4.78, 5) is 24.6. The zero-order chi connectivity index (χ0) is 17.9. The molecule has 0 aliphatic rings. The molecule has 7 heteroatoms. The molecule has 6 nitrogen and oxygen atoms in total. The minimum Gasteiger partial charge on any atom is -0.404 e. The fraction of sp³-hybridized carbons (Fsp3) is 0.222. The van der Waals surface area contributed by atoms with E-state index in [0.717, 1.165) is 11.3 Å². The molecule has 2 heterocycles. The van der Waals surface area contributed by atoms with Crippen molar-refractivity contribution in [2.75, 3.05) is 12.3 Å². The lowest BCUT2D eigenvalue weighted by atomic mass is 10.2. The van der Waals surface area contributed by atoms with Gasteiger partial charge in [-0.1, -0.05) is 6.07 Å². The molecule has 1 amide bonds. The summed E-state index contributed by atoms with van der Waals surface area (Å²) in [5, 5.41) is 4.71. The maximum absolute atomic E-state index is 12.1. The maximum Gasteiger partial charge on any atom is 0.247 e. The normalized spacial score (nSPS) is 12.0. The lowest BCUT2D eigenvalue weighted by Gasteiger charge is -2.06. The Hall–Kier alpha value is -2.67. The van der Waals surface area contributed by atoms with Gasteiger partial charge < -0.3 is 11.1 Å². The molecule has 2 aromatic heterocycles. The van der Waals surface area contributed by atoms with Crippen LogP contribution in [-0.2, 0) is 11.2 Å². The lowest BCUT2D eigenvalue weighted by Crippen LogP contribution is -2.26. The van der Waals surface area contributed by atoms with Crippen molar-refractivity contribution in [3.8, 4) is 0 Å². The van der Waals surface area contributed by atoms with E-state index in [1.54, 1.807) is 31.6 Å². The second-order valence-corrected chi connectivity index (χ2v) is 6.06. The van der Waals surface area contributed by atoms with E-state index in [1.165, 1.54) is 18.0 Å². The summed E-state index contributed by atoms with van der Waals surface area (Å²) < 4.78 is 0. The van der Waals surface area contributed by atoms with E-state index in [2.05, 4.69) is 20.3 Å². The van der Waals surface area contributed by atoms with Gasteiger partial charge in [-0.15, -0.1) is 11.8 Å². The van der Waals surface area contributed by atoms with E-state index >= 15 is 0 Å². The summed E-state index contributed by atoms with van der Waals surface area (Å²) in [6.07, 6.45) is 7.30. The number of pyridine rings is 1. The van der Waals surface area contributed by atoms with Gasteiger partial charge in [0.1, 0.15) is 0 Å². The zero-order valence-corrected chi connectivity index (χ0v) is 14.9. The number of rotatable bonds is 8. The molecule has 2 aromatic rings. The number of nitrogens with one attached hydrogen (secondary N) is 1. The van der Waals surface area contributed by atoms with Crippen LogP contribution in [0, 0.1) is 0 Å². The molecule has 0 spiro atoms. The van der Waals surface area contributed by atoms with E-state index in [-0.39, 0.29) is 5.91 Å². The Morgan fingerprint density at radius 3 is 2.64 bits per heavy atom. The number of nitrogens with zero attached hydrogens (tertiary/aromatic N) is 3. The van der Waals surface area contributed by atoms with Crippen molar-refractivity contribution in [1.82, 2.24) is 20.3 Å². The number of hydrogen-bond donors (Lipinski definition) is 2. The highest BCUT2D eigenvalue weighted by atomic mass is 32.2. The van der Waals surface area contributed by atoms with E-state index in [4.69, 9.17) is 5.73 Å². The highest BCUT2D eigenvalue weighted by Crippen LogP contribution is 2.17. The summed E-state index contributed by atoms with van der Waals surface area (Å²) in [5.41, 5.74) is 8.07. The van der Waals surface area contributed by atoms with Crippen LogP contribution in [0.5, 0.6) is 0 Å². The van der Waals surface area contributed by atoms with Crippen molar-refractivity contribution < 1.29 is 4.79 Å². The Kier molecular flexibility index (Phi) is 7.65. The quantitative estimate of drug-likeness (QED) is 0.705. The first-order valence-electron chi connectivity index (χ1n) is 7.85. The summed E-state index contributed by atoms with van der Waals surface area (Å²) in [7, 11) is 0. The Bertz CT molecular complexity index is 732. The van der Waals surface area contributed by atoms with Gasteiger partial charge in [-0.25, -0.2) is 9.97 Å². The minimum atomic E-state index is -0.0855. The number of thioether (sulfide) groups is 1. The Labute approximate surface area is 151 Å². The molecule has 0 bridgehead atoms. The first-order valence-corrected chi connectivity index (χ1v) is 8.90. The molecule has 130 valence electrons. The number of hydrogen-bond acceptors (Lipinski definition) is 6. The SMILES string of the molecule is C/C(=C\SCC(=CN)c1ncccn1)C(=O)NCCc1ccccn1. The van der Waals surface area contributed by atoms with Crippen LogP contribution >= 0.6 is 11.8 Å². The topological polar surface area (TPSA) is 93.8 Å². The Morgan fingerprint density at radius 1 is 1.20 bits per heavy atom. The number of carbonyl (C=O) groups excluding carboxylic acids is 1. The summed E-state index contributed by atoms with van der Waals surface area (Å²) in [6, 6.07) is 7.50. The van der Waals surface area contributed by atoms with E-state index in [0.29, 0.717) is 30.1 Å². The van der Waals surface area contributed by atoms with Gasteiger partial charge in [0.25, 0.3) is 0 Å². The van der Waals surface area contributed by atoms with Gasteiger partial charge in [0, 0.05) is 60.3 Å². The predicted octanol–water partition coefficient (Wildman–Crippen LogP) is 2.17. The van der Waals surface area contributed by atoms with Crippen LogP contribution in [0.25, 0.3) is 5.57 Å². The largest absolute Gasteiger partial charge is 0.404 e. The summed E-state index contributed by atoms with van der Waals surface area (Å²) in [5.74, 6) is 1.11. The molecule has 0 aliphatic heterocycles. The molecule has 0 saturated carbocycles. The number of carbonyl (C=O) groups is 1. The standard InChI is InChI=1S/C18H21N5OS/c1-14(18(24)23-10-6-16-5-2-3-7-20-16)12-25-13-15(11-19)17-21-8-4-9-22-17/h2-5,7-9,11-12H,6,10,13,19H2,1H3,(H,23,24)/b14-12+,15-11?. The van der Waals surface area contributed by atoms with Crippen LogP contribution in [-0.4, -0.2) is 33.2 Å². The van der Waals surface area contributed by atoms with Gasteiger partial charge in [-0.3, -0.25) is 9.78 Å². The van der Waals surface area contributed by atoms with E-state index < -0.39 is 0 Å². The van der Waals surface area contributed by atoms with Gasteiger partial charge in [0.15, 0.2) is 5.82 Å². The van der Waals surface area contributed by atoms with Crippen LogP contribution in [0.15, 0.2) is 60.0 Å². The van der Waals surface area contributed by atoms with Gasteiger partial charge in [-0.05, 0) is 30.5 Å². The Balaban J connectivity index is 1.77. The van der Waals surface area contributed by atoms with Crippen molar-refractivity contribution in [1.29, 1.82) is 0 Å². The third kappa shape index (κ3) is 6.39. The molecule has 25 heavy (non-hydrogen) atoms. The average molecular weight is 355 g/mol. The van der Waals surface area contributed by atoms with Gasteiger partial charge in [-0.2, -0.15) is 0 Å². The van der Waals surface area contributed by atoms with Crippen LogP contribution in [0.3, 0.4) is 0 Å². The molecule has 0 unspecified atom stereocenters. The molecule has 0 atom stereocenters. The van der Waals surface area contributed by atoms with Crippen LogP contribution < -0.4 is 11.1 Å². The average Bonchev–Trinajstić information content (AvgIpc) is 2.66. The zero-order valence-electron chi connectivity index (χ0n) is 14.1. The van der Waals surface area contributed by atoms with Crippen molar-refractivity contribution in [2.24, 2.45) is 5.73 Å². The molecule has 0 saturated heterocycles. The smallest absolute Gasteiger partial charge is 0.247 e. The molecular formula is C18H21N5OS. The monoisotopic (exact) mass is 355 g/mol. The minimum absolute atomic E-state index is 0.0855. The molecule has 2 rings (SSSR count). The van der Waals surface area contributed by atoms with Crippen molar-refractivity contribution in [3.05, 3.63) is 71.6 Å². The second kappa shape index (κ2) is 10.2. The Morgan fingerprint density at radius 2 is 1.96 bits per heavy atom. The van der Waals surface area contributed by atoms with Gasteiger partial charge in [0.05, 0.1) is 0 Å². The van der Waals surface area contributed by atoms with Crippen LogP contribution in [0.2, 0.25) is 0 Å². The van der Waals surface area contributed by atoms with Crippen LogP contribution in [0.1, 0.15) is 18.4 Å². The van der Waals surface area contributed by atoms with Crippen molar-refractivity contribution in [2.45, 2.75) is 13.3 Å². The van der Waals surface area contributed by atoms with E-state index in [1.807, 2.05) is 23.6 Å². The number of aromatic nitrogens is 3. The fourth-order valence-corrected chi connectivity index (χ4v) is 2.80. The second-order valence-electron chi connectivity index (χ2n) is 5.20. The molecule has 0 aliphatic carbocycles. The third-order valence-corrected chi connectivity index (χ3v) is 4.30. The number of nitrogens with two attached hydrogens (primary N) is 1. The van der Waals surface area contributed by atoms with Crippen molar-refractivity contribution in [3.63, 3.8) is 0 Å². The maximum atomic E-state index is 12.1. The number of amides is 1. The predicted molar refractivity (Wildman–Crippen MR) is 101 cm³/mol. The van der Waals surface area contributed by atoms with Crippen molar-refractivity contribution >= 4 is 23.2 Å². The molecule has 0 radical (unpaired) electrons. The van der Waals surface area contributed by atoms with Gasteiger partial charge >= 0.3 is 0 Å².